The van der Waals surface area contributed by atoms with Crippen LogP contribution >= 0.6 is 0 Å². The van der Waals surface area contributed by atoms with Crippen molar-refractivity contribution in [2.45, 2.75) is 57.7 Å². The molecule has 1 unspecified atom stereocenters. The van der Waals surface area contributed by atoms with Crippen molar-refractivity contribution in [1.82, 2.24) is 10.2 Å². The Morgan fingerprint density at radius 2 is 2.00 bits per heavy atom. The fourth-order valence-corrected chi connectivity index (χ4v) is 2.02. The first-order valence-electron chi connectivity index (χ1n) is 6.48. The van der Waals surface area contributed by atoms with Crippen molar-refractivity contribution in [1.29, 1.82) is 0 Å². The third-order valence-corrected chi connectivity index (χ3v) is 3.69. The van der Waals surface area contributed by atoms with Gasteiger partial charge in [0.15, 0.2) is 0 Å². The van der Waals surface area contributed by atoms with Crippen LogP contribution in [0.15, 0.2) is 0 Å². The van der Waals surface area contributed by atoms with E-state index in [4.69, 9.17) is 9.84 Å². The maximum absolute atomic E-state index is 12.1. The molecule has 0 spiro atoms. The molecular formula is C13H24N2O4. The highest BCUT2D eigenvalue weighted by molar-refractivity contribution is 5.85. The summed E-state index contributed by atoms with van der Waals surface area (Å²) in [6, 6.07) is -0.349. The van der Waals surface area contributed by atoms with Gasteiger partial charge in [-0.2, -0.15) is 0 Å². The fourth-order valence-electron chi connectivity index (χ4n) is 2.02. The highest BCUT2D eigenvalue weighted by Crippen LogP contribution is 2.24. The van der Waals surface area contributed by atoms with Crippen molar-refractivity contribution < 1.29 is 19.4 Å². The lowest BCUT2D eigenvalue weighted by atomic mass is 9.94. The molecule has 1 fully saturated rings. The molecule has 1 rings (SSSR count). The number of ether oxygens (including phenoxy) is 1. The first kappa shape index (κ1) is 15.8. The third kappa shape index (κ3) is 3.83. The van der Waals surface area contributed by atoms with E-state index in [1.165, 1.54) is 25.8 Å². The molecule has 6 nitrogen and oxygen atoms in total. The van der Waals surface area contributed by atoms with E-state index in [1.54, 1.807) is 0 Å². The number of hydrogen-bond donors (Lipinski definition) is 2. The molecule has 1 atom stereocenters. The van der Waals surface area contributed by atoms with Gasteiger partial charge in [-0.3, -0.25) is 0 Å². The molecule has 0 aromatic carbocycles. The van der Waals surface area contributed by atoms with Gasteiger partial charge in [0.2, 0.25) is 0 Å². The molecule has 19 heavy (non-hydrogen) atoms. The number of rotatable bonds is 3. The normalized spacial score (nSPS) is 22.7. The summed E-state index contributed by atoms with van der Waals surface area (Å²) >= 11 is 0. The van der Waals surface area contributed by atoms with Crippen LogP contribution in [0.4, 0.5) is 4.79 Å². The number of hydrogen-bond acceptors (Lipinski definition) is 3. The van der Waals surface area contributed by atoms with Crippen molar-refractivity contribution in [3.8, 4) is 0 Å². The number of carboxylic acids is 1. The van der Waals surface area contributed by atoms with Crippen LogP contribution in [0.2, 0.25) is 0 Å². The Hall–Kier alpha value is -1.30. The van der Waals surface area contributed by atoms with E-state index in [0.29, 0.717) is 6.61 Å². The average Bonchev–Trinajstić information content (AvgIpc) is 2.26. The zero-order valence-corrected chi connectivity index (χ0v) is 12.3. The van der Waals surface area contributed by atoms with Crippen LogP contribution in [0.3, 0.4) is 0 Å². The summed E-state index contributed by atoms with van der Waals surface area (Å²) in [7, 11) is 1.49. The van der Waals surface area contributed by atoms with E-state index >= 15 is 0 Å². The van der Waals surface area contributed by atoms with Gasteiger partial charge in [0, 0.05) is 19.7 Å². The number of nitrogens with zero attached hydrogens (tertiary/aromatic N) is 1. The van der Waals surface area contributed by atoms with Gasteiger partial charge >= 0.3 is 12.0 Å². The maximum atomic E-state index is 12.1. The monoisotopic (exact) mass is 272 g/mol. The number of urea groups is 1. The summed E-state index contributed by atoms with van der Waals surface area (Å²) in [6.45, 7) is 7.57. The number of aliphatic carboxylic acids is 1. The molecule has 1 heterocycles. The van der Waals surface area contributed by atoms with Crippen LogP contribution in [0.25, 0.3) is 0 Å². The SMILES string of the molecule is CN(C(=O)NC1CCOC(C)(C)C1)C(C)(C)C(=O)O. The highest BCUT2D eigenvalue weighted by atomic mass is 16.5. The molecule has 2 amide bonds. The molecule has 1 aliphatic rings. The molecule has 2 N–H and O–H groups in total. The van der Waals surface area contributed by atoms with Crippen molar-refractivity contribution in [3.63, 3.8) is 0 Å². The first-order valence-corrected chi connectivity index (χ1v) is 6.48. The minimum atomic E-state index is -1.23. The molecule has 0 bridgehead atoms. The van der Waals surface area contributed by atoms with Crippen molar-refractivity contribution >= 4 is 12.0 Å². The van der Waals surface area contributed by atoms with Gasteiger partial charge in [0.1, 0.15) is 5.54 Å². The average molecular weight is 272 g/mol. The van der Waals surface area contributed by atoms with Gasteiger partial charge in [-0.05, 0) is 40.5 Å². The van der Waals surface area contributed by atoms with Crippen LogP contribution in [-0.4, -0.2) is 52.8 Å². The van der Waals surface area contributed by atoms with Crippen LogP contribution in [-0.2, 0) is 9.53 Å². The lowest BCUT2D eigenvalue weighted by Crippen LogP contribution is -2.57. The van der Waals surface area contributed by atoms with Gasteiger partial charge < -0.3 is 20.1 Å². The quantitative estimate of drug-likeness (QED) is 0.815. The van der Waals surface area contributed by atoms with Gasteiger partial charge in [0.05, 0.1) is 5.60 Å². The third-order valence-electron chi connectivity index (χ3n) is 3.69. The van der Waals surface area contributed by atoms with E-state index < -0.39 is 11.5 Å². The van der Waals surface area contributed by atoms with Crippen molar-refractivity contribution in [2.75, 3.05) is 13.7 Å². The minimum absolute atomic E-state index is 0.0169. The van der Waals surface area contributed by atoms with E-state index in [1.807, 2.05) is 13.8 Å². The van der Waals surface area contributed by atoms with Gasteiger partial charge in [0.25, 0.3) is 0 Å². The first-order chi connectivity index (χ1) is 8.56. The van der Waals surface area contributed by atoms with Gasteiger partial charge in [-0.25, -0.2) is 9.59 Å². The zero-order valence-electron chi connectivity index (χ0n) is 12.3. The summed E-state index contributed by atoms with van der Waals surface area (Å²) in [4.78, 5) is 24.4. The number of likely N-dealkylation sites (N-methyl/N-ethyl adjacent to an activating group) is 1. The predicted molar refractivity (Wildman–Crippen MR) is 71.1 cm³/mol. The number of carbonyl (C=O) groups excluding carboxylic acids is 1. The molecule has 1 saturated heterocycles. The van der Waals surface area contributed by atoms with Gasteiger partial charge in [-0.15, -0.1) is 0 Å². The molecule has 1 aliphatic heterocycles. The summed E-state index contributed by atoms with van der Waals surface area (Å²) in [6.07, 6.45) is 1.47. The minimum Gasteiger partial charge on any atom is -0.480 e. The Morgan fingerprint density at radius 1 is 1.42 bits per heavy atom. The van der Waals surface area contributed by atoms with E-state index in [-0.39, 0.29) is 17.7 Å². The predicted octanol–water partition coefficient (Wildman–Crippen LogP) is 1.45. The van der Waals surface area contributed by atoms with Crippen LogP contribution in [0.1, 0.15) is 40.5 Å². The zero-order chi connectivity index (χ0) is 14.8. The molecule has 0 aliphatic carbocycles. The molecule has 0 aromatic heterocycles. The summed E-state index contributed by atoms with van der Waals surface area (Å²) in [5.74, 6) is -1.03. The Balaban J connectivity index is 2.62. The van der Waals surface area contributed by atoms with Crippen LogP contribution in [0.5, 0.6) is 0 Å². The molecule has 0 saturated carbocycles. The molecule has 0 radical (unpaired) electrons. The second-order valence-electron chi connectivity index (χ2n) is 6.17. The molecular weight excluding hydrogens is 248 g/mol. The Labute approximate surface area is 114 Å². The van der Waals surface area contributed by atoms with Crippen molar-refractivity contribution in [2.24, 2.45) is 0 Å². The summed E-state index contributed by atoms with van der Waals surface area (Å²) < 4.78 is 5.58. The lowest BCUT2D eigenvalue weighted by Gasteiger charge is -2.38. The number of amides is 2. The number of nitrogens with one attached hydrogen (secondary N) is 1. The Morgan fingerprint density at radius 3 is 2.47 bits per heavy atom. The standard InChI is InChI=1S/C13H24N2O4/c1-12(2)8-9(6-7-19-12)14-11(18)15(5)13(3,4)10(16)17/h9H,6-8H2,1-5H3,(H,14,18)(H,16,17). The summed E-state index contributed by atoms with van der Waals surface area (Å²) in [5, 5.41) is 12.0. The maximum Gasteiger partial charge on any atom is 0.329 e. The second kappa shape index (κ2) is 5.36. The van der Waals surface area contributed by atoms with E-state index in [9.17, 15) is 9.59 Å². The lowest BCUT2D eigenvalue weighted by molar-refractivity contribution is -0.147. The van der Waals surface area contributed by atoms with Crippen molar-refractivity contribution in [3.05, 3.63) is 0 Å². The summed E-state index contributed by atoms with van der Waals surface area (Å²) in [5.41, 5.74) is -1.48. The molecule has 110 valence electrons. The fraction of sp³-hybridized carbons (Fsp3) is 0.846. The van der Waals surface area contributed by atoms with Crippen LogP contribution in [0, 0.1) is 0 Å². The van der Waals surface area contributed by atoms with E-state index in [2.05, 4.69) is 5.32 Å². The second-order valence-corrected chi connectivity index (χ2v) is 6.17. The Kier molecular flexibility index (Phi) is 4.45. The highest BCUT2D eigenvalue weighted by Gasteiger charge is 2.37. The largest absolute Gasteiger partial charge is 0.480 e. The Bertz CT molecular complexity index is 366. The number of carbonyl (C=O) groups is 2. The van der Waals surface area contributed by atoms with Crippen LogP contribution < -0.4 is 5.32 Å². The topological polar surface area (TPSA) is 78.9 Å². The smallest absolute Gasteiger partial charge is 0.329 e. The molecule has 6 heteroatoms. The number of carboxylic acid groups (broad SMARTS) is 1. The van der Waals surface area contributed by atoms with E-state index in [0.717, 1.165) is 12.8 Å². The van der Waals surface area contributed by atoms with Gasteiger partial charge in [-0.1, -0.05) is 0 Å². The molecule has 0 aromatic rings.